The Morgan fingerprint density at radius 1 is 0.509 bits per heavy atom. The molecule has 0 aromatic heterocycles. The van der Waals surface area contributed by atoms with Gasteiger partial charge in [0.15, 0.2) is 34.0 Å². The lowest BCUT2D eigenvalue weighted by atomic mass is 9.97. The number of rotatable bonds is 10. The van der Waals surface area contributed by atoms with Crippen LogP contribution in [0.15, 0.2) is 88.8 Å². The first-order chi connectivity index (χ1) is 24.5. The number of alkyl halides is 2. The van der Waals surface area contributed by atoms with E-state index in [1.807, 2.05) is 0 Å². The van der Waals surface area contributed by atoms with Crippen LogP contribution in [-0.2, 0) is 14.9 Å². The number of esters is 4. The second kappa shape index (κ2) is 18.0. The molecule has 4 aromatic rings. The highest BCUT2D eigenvalue weighted by Crippen LogP contribution is 2.40. The highest BCUT2D eigenvalue weighted by atomic mass is 79.9. The first-order valence-electron chi connectivity index (χ1n) is 13.3. The molecule has 0 atom stereocenters. The molecule has 0 aliphatic rings. The van der Waals surface area contributed by atoms with E-state index in [9.17, 15) is 40.9 Å². The number of halogens is 11. The highest BCUT2D eigenvalue weighted by Gasteiger charge is 2.40. The summed E-state index contributed by atoms with van der Waals surface area (Å²) in [5.74, 6) is -6.22. The van der Waals surface area contributed by atoms with E-state index in [1.54, 1.807) is 0 Å². The number of benzene rings is 4. The predicted octanol–water partition coefficient (Wildman–Crippen LogP) is 11.5. The molecule has 0 fully saturated rings. The van der Waals surface area contributed by atoms with Gasteiger partial charge in [0.05, 0.1) is 49.1 Å². The minimum absolute atomic E-state index is 0.0905. The van der Waals surface area contributed by atoms with Crippen molar-refractivity contribution in [3.63, 3.8) is 0 Å². The van der Waals surface area contributed by atoms with Crippen molar-refractivity contribution >= 4 is 177 Å². The molecule has 0 bridgehead atoms. The second-order valence-corrected chi connectivity index (χ2v) is 19.3. The average Bonchev–Trinajstić information content (AvgIpc) is 3.03. The molecule has 4 rings (SSSR count). The summed E-state index contributed by atoms with van der Waals surface area (Å²) in [6.45, 7) is -2.27. The maximum absolute atomic E-state index is 14.1. The van der Waals surface area contributed by atoms with Crippen LogP contribution in [0.25, 0.3) is 0 Å². The summed E-state index contributed by atoms with van der Waals surface area (Å²) in [6.07, 6.45) is 0. The molecule has 0 heterocycles. The lowest BCUT2D eigenvalue weighted by Gasteiger charge is -2.20. The maximum Gasteiger partial charge on any atom is 0.367 e. The van der Waals surface area contributed by atoms with E-state index >= 15 is 0 Å². The number of carbonyl (C=O) groups excluding carboxylic acids is 4. The number of ether oxygens (including phenoxy) is 4. The van der Waals surface area contributed by atoms with Crippen LogP contribution >= 0.6 is 143 Å². The van der Waals surface area contributed by atoms with Crippen LogP contribution in [0, 0.1) is 0 Å². The Hall–Kier alpha value is -1.15. The summed E-state index contributed by atoms with van der Waals surface area (Å²) in [6, 6.07) is 10.3. The summed E-state index contributed by atoms with van der Waals surface area (Å²) >= 11 is 29.3. The van der Waals surface area contributed by atoms with Crippen molar-refractivity contribution in [2.45, 2.75) is 5.25 Å². The smallest absolute Gasteiger partial charge is 0.367 e. The maximum atomic E-state index is 14.1. The molecule has 0 aliphatic heterocycles. The second-order valence-electron chi connectivity index (χ2n) is 9.88. The fourth-order valence-electron chi connectivity index (χ4n) is 3.90. The topological polar surface area (TPSA) is 162 Å². The van der Waals surface area contributed by atoms with Crippen LogP contribution in [0.2, 0.25) is 0 Å². The molecule has 53 heavy (non-hydrogen) atoms. The summed E-state index contributed by atoms with van der Waals surface area (Å²) in [5.41, 5.74) is -3.31. The zero-order valence-corrected chi connectivity index (χ0v) is 40.0. The zero-order valence-electron chi connectivity index (χ0n) is 24.9. The summed E-state index contributed by atoms with van der Waals surface area (Å²) in [4.78, 5) is 54.9. The first-order valence-corrected chi connectivity index (χ1v) is 21.8. The SMILES string of the molecule is O=C(OCC(F)(F)S(=O)(=O)[O-])c1cc(C(=O)Oc2c(Br)cc(Br)cc2Br)c(C(=O)Oc2c(Br)cc(Br)cc2Br)cc1C(=O)Oc1c(Br)cc(Br)cc1Br. The van der Waals surface area contributed by atoms with Crippen molar-refractivity contribution in [3.8, 4) is 17.2 Å². The number of carbonyl (C=O) groups is 4. The van der Waals surface area contributed by atoms with Crippen LogP contribution in [0.4, 0.5) is 8.78 Å². The molecule has 0 saturated heterocycles. The van der Waals surface area contributed by atoms with Crippen LogP contribution in [0.5, 0.6) is 17.2 Å². The van der Waals surface area contributed by atoms with Crippen LogP contribution in [0.1, 0.15) is 41.4 Å². The third-order valence-electron chi connectivity index (χ3n) is 6.25. The molecule has 0 saturated carbocycles. The Morgan fingerprint density at radius 2 is 0.755 bits per heavy atom. The zero-order chi connectivity index (χ0) is 39.7. The van der Waals surface area contributed by atoms with E-state index in [-0.39, 0.29) is 44.1 Å². The van der Waals surface area contributed by atoms with Crippen molar-refractivity contribution in [2.24, 2.45) is 0 Å². The standard InChI is InChI=1S/C30H11Br9F2O11S/c31-10-1-17(34)23(18(35)2-10)50-27(43)14-8-16(29(45)52-25-21(38)5-12(33)6-22(25)39)15(28(44)51-24-19(36)3-11(32)4-20(24)37)7-13(14)26(42)49-9-30(40,41)53(46,47)48/h1-8H,9H2,(H,46,47,48)/p-1. The summed E-state index contributed by atoms with van der Waals surface area (Å²) in [5, 5.41) is -5.09. The normalized spacial score (nSPS) is 11.5. The summed E-state index contributed by atoms with van der Waals surface area (Å²) < 4.78 is 85.4. The van der Waals surface area contributed by atoms with Gasteiger partial charge in [0, 0.05) is 13.4 Å². The fourth-order valence-corrected chi connectivity index (χ4v) is 11.4. The Kier molecular flexibility index (Phi) is 15.1. The average molecular weight is 1340 g/mol. The van der Waals surface area contributed by atoms with E-state index in [0.29, 0.717) is 25.6 Å². The van der Waals surface area contributed by atoms with Gasteiger partial charge in [-0.25, -0.2) is 27.6 Å². The summed E-state index contributed by atoms with van der Waals surface area (Å²) in [7, 11) is -6.31. The molecule has 0 unspecified atom stereocenters. The van der Waals surface area contributed by atoms with Crippen LogP contribution in [-0.4, -0.2) is 48.7 Å². The Balaban J connectivity index is 1.95. The molecule has 0 amide bonds. The molecule has 0 aliphatic carbocycles. The van der Waals surface area contributed by atoms with E-state index in [0.717, 1.165) is 0 Å². The van der Waals surface area contributed by atoms with Crippen LogP contribution < -0.4 is 14.2 Å². The highest BCUT2D eigenvalue weighted by molar-refractivity contribution is 9.12. The molecule has 11 nitrogen and oxygen atoms in total. The van der Waals surface area contributed by atoms with Crippen LogP contribution in [0.3, 0.4) is 0 Å². The molecular formula is C30H10Br9F2O11S-. The van der Waals surface area contributed by atoms with Gasteiger partial charge in [0.25, 0.3) is 0 Å². The van der Waals surface area contributed by atoms with Gasteiger partial charge >= 0.3 is 29.1 Å². The third-order valence-corrected chi connectivity index (χ3v) is 12.0. The minimum atomic E-state index is -6.31. The predicted molar refractivity (Wildman–Crippen MR) is 215 cm³/mol. The van der Waals surface area contributed by atoms with E-state index in [1.165, 1.54) is 36.4 Å². The van der Waals surface area contributed by atoms with Gasteiger partial charge < -0.3 is 23.5 Å². The minimum Gasteiger partial charge on any atom is -0.743 e. The molecule has 0 radical (unpaired) electrons. The molecule has 280 valence electrons. The lowest BCUT2D eigenvalue weighted by Crippen LogP contribution is -2.35. The monoisotopic (exact) mass is 1330 g/mol. The Morgan fingerprint density at radius 3 is 1.00 bits per heavy atom. The van der Waals surface area contributed by atoms with Gasteiger partial charge in [0.1, 0.15) is 0 Å². The van der Waals surface area contributed by atoms with Crippen molar-refractivity contribution in [1.29, 1.82) is 0 Å². The number of hydrogen-bond donors (Lipinski definition) is 0. The molecule has 0 N–H and O–H groups in total. The van der Waals surface area contributed by atoms with Gasteiger partial charge in [-0.2, -0.15) is 8.78 Å². The van der Waals surface area contributed by atoms with Crippen molar-refractivity contribution in [3.05, 3.63) is 111 Å². The Labute approximate surface area is 373 Å². The van der Waals surface area contributed by atoms with E-state index in [2.05, 4.69) is 148 Å². The van der Waals surface area contributed by atoms with Gasteiger partial charge in [-0.15, -0.1) is 0 Å². The van der Waals surface area contributed by atoms with Crippen molar-refractivity contribution < 1.29 is 59.9 Å². The van der Waals surface area contributed by atoms with Crippen molar-refractivity contribution in [2.75, 3.05) is 6.61 Å². The van der Waals surface area contributed by atoms with Gasteiger partial charge in [-0.3, -0.25) is 0 Å². The number of hydrogen-bond acceptors (Lipinski definition) is 11. The van der Waals surface area contributed by atoms with Gasteiger partial charge in [-0.05, 0) is 144 Å². The lowest BCUT2D eigenvalue weighted by molar-refractivity contribution is -0.0101. The molecule has 4 aromatic carbocycles. The fraction of sp³-hybridized carbons (Fsp3) is 0.0667. The molecule has 0 spiro atoms. The molecular weight excluding hydrogens is 1330 g/mol. The Bertz CT molecular complexity index is 2250. The van der Waals surface area contributed by atoms with Gasteiger partial charge in [-0.1, -0.05) is 47.8 Å². The van der Waals surface area contributed by atoms with Gasteiger partial charge in [0.2, 0.25) is 0 Å². The molecule has 23 heteroatoms. The first kappa shape index (κ1) is 44.6. The quantitative estimate of drug-likeness (QED) is 0.0844. The van der Waals surface area contributed by atoms with E-state index in [4.69, 9.17) is 14.2 Å². The largest absolute Gasteiger partial charge is 0.743 e. The third kappa shape index (κ3) is 10.8. The van der Waals surface area contributed by atoms with Crippen molar-refractivity contribution in [1.82, 2.24) is 0 Å². The van der Waals surface area contributed by atoms with E-state index < -0.39 is 68.1 Å².